The zero-order valence-electron chi connectivity index (χ0n) is 14.4. The molecule has 0 saturated carbocycles. The minimum atomic E-state index is -1.95. The molecule has 0 heterocycles. The van der Waals surface area contributed by atoms with Crippen LogP contribution in [0.25, 0.3) is 0 Å². The molecule has 3 heteroatoms. The van der Waals surface area contributed by atoms with Crippen molar-refractivity contribution in [3.63, 3.8) is 0 Å². The van der Waals surface area contributed by atoms with E-state index in [0.717, 1.165) is 5.56 Å². The van der Waals surface area contributed by atoms with Crippen LogP contribution in [0.5, 0.6) is 0 Å². The van der Waals surface area contributed by atoms with Crippen LogP contribution < -0.4 is 0 Å². The predicted octanol–water partition coefficient (Wildman–Crippen LogP) is 4.78. The molecule has 0 amide bonds. The molecule has 0 unspecified atom stereocenters. The Bertz CT molecular complexity index is 508. The highest BCUT2D eigenvalue weighted by atomic mass is 28.4. The number of hydrogen-bond acceptors (Lipinski definition) is 2. The van der Waals surface area contributed by atoms with E-state index in [0.29, 0.717) is 6.61 Å². The molecule has 1 rings (SSSR count). The first kappa shape index (κ1) is 18.7. The lowest BCUT2D eigenvalue weighted by Crippen LogP contribution is -2.46. The number of benzene rings is 1. The van der Waals surface area contributed by atoms with Gasteiger partial charge in [0.15, 0.2) is 8.32 Å². The fourth-order valence-corrected chi connectivity index (χ4v) is 2.93. The Morgan fingerprint density at radius 1 is 1.27 bits per heavy atom. The molecule has 0 radical (unpaired) electrons. The number of rotatable bonds is 7. The second-order valence-corrected chi connectivity index (χ2v) is 11.7. The molecular formula is C19H28O2Si. The van der Waals surface area contributed by atoms with Gasteiger partial charge in [0, 0.05) is 0 Å². The zero-order chi connectivity index (χ0) is 16.8. The standard InChI is InChI=1S/C19H28O2Si/c1-8-17(20-15-16-13-11-10-12-14-16)18(9-2)21-22(6,7)19(3,4)5/h2,8,10-14,17-18H,1,15H2,3-7H3/t17-,18-/m0/s1. The van der Waals surface area contributed by atoms with E-state index in [1.54, 1.807) is 6.08 Å². The second kappa shape index (κ2) is 7.78. The summed E-state index contributed by atoms with van der Waals surface area (Å²) in [5.41, 5.74) is 1.11. The summed E-state index contributed by atoms with van der Waals surface area (Å²) in [6.07, 6.45) is 6.72. The normalized spacial score (nSPS) is 14.9. The Kier molecular flexibility index (Phi) is 6.61. The van der Waals surface area contributed by atoms with E-state index in [1.807, 2.05) is 30.3 Å². The van der Waals surface area contributed by atoms with Crippen LogP contribution in [-0.2, 0) is 15.8 Å². The van der Waals surface area contributed by atoms with Gasteiger partial charge in [0.25, 0.3) is 0 Å². The summed E-state index contributed by atoms with van der Waals surface area (Å²) in [4.78, 5) is 0. The third-order valence-corrected chi connectivity index (χ3v) is 8.66. The van der Waals surface area contributed by atoms with Gasteiger partial charge in [0.2, 0.25) is 0 Å². The highest BCUT2D eigenvalue weighted by molar-refractivity contribution is 6.74. The Morgan fingerprint density at radius 3 is 2.32 bits per heavy atom. The molecule has 1 aromatic carbocycles. The van der Waals surface area contributed by atoms with E-state index in [-0.39, 0.29) is 11.1 Å². The second-order valence-electron chi connectivity index (χ2n) is 6.96. The van der Waals surface area contributed by atoms with Crippen LogP contribution in [-0.4, -0.2) is 20.5 Å². The smallest absolute Gasteiger partial charge is 0.193 e. The van der Waals surface area contributed by atoms with Gasteiger partial charge in [-0.2, -0.15) is 0 Å². The van der Waals surface area contributed by atoms with Crippen molar-refractivity contribution in [2.45, 2.75) is 57.7 Å². The average molecular weight is 317 g/mol. The van der Waals surface area contributed by atoms with Crippen molar-refractivity contribution in [1.29, 1.82) is 0 Å². The van der Waals surface area contributed by atoms with Gasteiger partial charge in [-0.05, 0) is 23.7 Å². The van der Waals surface area contributed by atoms with E-state index < -0.39 is 14.4 Å². The first-order chi connectivity index (χ1) is 10.2. The summed E-state index contributed by atoms with van der Waals surface area (Å²) in [6, 6.07) is 10.0. The molecule has 0 aliphatic heterocycles. The highest BCUT2D eigenvalue weighted by Crippen LogP contribution is 2.37. The van der Waals surface area contributed by atoms with Gasteiger partial charge in [-0.15, -0.1) is 13.0 Å². The van der Waals surface area contributed by atoms with Gasteiger partial charge in [0.05, 0.1) is 6.61 Å². The summed E-state index contributed by atoms with van der Waals surface area (Å²) in [7, 11) is -1.95. The van der Waals surface area contributed by atoms with Gasteiger partial charge in [0.1, 0.15) is 12.2 Å². The summed E-state index contributed by atoms with van der Waals surface area (Å²) in [5, 5.41) is 0.104. The third-order valence-electron chi connectivity index (χ3n) is 4.21. The molecule has 0 aliphatic carbocycles. The molecule has 0 bridgehead atoms. The van der Waals surface area contributed by atoms with Crippen molar-refractivity contribution in [1.82, 2.24) is 0 Å². The van der Waals surface area contributed by atoms with Crippen molar-refractivity contribution >= 4 is 8.32 Å². The topological polar surface area (TPSA) is 18.5 Å². The van der Waals surface area contributed by atoms with Gasteiger partial charge in [-0.25, -0.2) is 0 Å². The van der Waals surface area contributed by atoms with Crippen molar-refractivity contribution in [2.75, 3.05) is 0 Å². The molecule has 0 aromatic heterocycles. The molecule has 2 nitrogen and oxygen atoms in total. The summed E-state index contributed by atoms with van der Waals surface area (Å²) in [6.45, 7) is 15.3. The maximum absolute atomic E-state index is 6.30. The maximum Gasteiger partial charge on any atom is 0.193 e. The summed E-state index contributed by atoms with van der Waals surface area (Å²) < 4.78 is 12.2. The molecule has 0 saturated heterocycles. The van der Waals surface area contributed by atoms with Crippen molar-refractivity contribution in [3.8, 4) is 12.3 Å². The van der Waals surface area contributed by atoms with E-state index >= 15 is 0 Å². The van der Waals surface area contributed by atoms with Crippen molar-refractivity contribution < 1.29 is 9.16 Å². The van der Waals surface area contributed by atoms with Crippen LogP contribution in [0.4, 0.5) is 0 Å². The fraction of sp³-hybridized carbons (Fsp3) is 0.474. The fourth-order valence-electron chi connectivity index (χ4n) is 1.74. The van der Waals surface area contributed by atoms with E-state index in [2.05, 4.69) is 46.4 Å². The van der Waals surface area contributed by atoms with E-state index in [9.17, 15) is 0 Å². The Labute approximate surface area is 136 Å². The van der Waals surface area contributed by atoms with E-state index in [4.69, 9.17) is 15.6 Å². The lowest BCUT2D eigenvalue weighted by Gasteiger charge is -2.39. The van der Waals surface area contributed by atoms with Gasteiger partial charge >= 0.3 is 0 Å². The Balaban J connectivity index is 2.74. The molecule has 0 spiro atoms. The maximum atomic E-state index is 6.30. The van der Waals surface area contributed by atoms with Crippen LogP contribution >= 0.6 is 0 Å². The molecular weight excluding hydrogens is 288 g/mol. The quantitative estimate of drug-likeness (QED) is 0.409. The first-order valence-corrected chi connectivity index (χ1v) is 10.5. The van der Waals surface area contributed by atoms with Crippen LogP contribution in [0.1, 0.15) is 26.3 Å². The van der Waals surface area contributed by atoms with Crippen LogP contribution in [0.2, 0.25) is 18.1 Å². The molecule has 2 atom stereocenters. The van der Waals surface area contributed by atoms with Crippen LogP contribution in [0, 0.1) is 12.3 Å². The number of terminal acetylenes is 1. The van der Waals surface area contributed by atoms with Crippen molar-refractivity contribution in [2.24, 2.45) is 0 Å². The minimum Gasteiger partial charge on any atom is -0.401 e. The predicted molar refractivity (Wildman–Crippen MR) is 96.1 cm³/mol. The molecule has 1 aromatic rings. The Morgan fingerprint density at radius 2 is 1.86 bits per heavy atom. The number of ether oxygens (including phenoxy) is 1. The van der Waals surface area contributed by atoms with E-state index in [1.165, 1.54) is 0 Å². The third kappa shape index (κ3) is 5.13. The molecule has 0 fully saturated rings. The molecule has 0 aliphatic rings. The summed E-state index contributed by atoms with van der Waals surface area (Å²) >= 11 is 0. The van der Waals surface area contributed by atoms with Crippen molar-refractivity contribution in [3.05, 3.63) is 48.6 Å². The van der Waals surface area contributed by atoms with Gasteiger partial charge in [-0.1, -0.05) is 63.1 Å². The average Bonchev–Trinajstić information content (AvgIpc) is 2.46. The molecule has 22 heavy (non-hydrogen) atoms. The van der Waals surface area contributed by atoms with Crippen LogP contribution in [0.15, 0.2) is 43.0 Å². The minimum absolute atomic E-state index is 0.104. The molecule has 120 valence electrons. The highest BCUT2D eigenvalue weighted by Gasteiger charge is 2.40. The molecule has 0 N–H and O–H groups in total. The zero-order valence-corrected chi connectivity index (χ0v) is 15.4. The van der Waals surface area contributed by atoms with Crippen LogP contribution in [0.3, 0.4) is 0 Å². The lowest BCUT2D eigenvalue weighted by atomic mass is 10.2. The SMILES string of the molecule is C#C[C@H](O[Si](C)(C)C(C)(C)C)[C@H](C=C)OCc1ccccc1. The Hall–Kier alpha value is -1.34. The van der Waals surface area contributed by atoms with Gasteiger partial charge in [-0.3, -0.25) is 0 Å². The van der Waals surface area contributed by atoms with Gasteiger partial charge < -0.3 is 9.16 Å². The largest absolute Gasteiger partial charge is 0.401 e. The number of hydrogen-bond donors (Lipinski definition) is 0. The monoisotopic (exact) mass is 316 g/mol. The first-order valence-electron chi connectivity index (χ1n) is 7.63. The summed E-state index contributed by atoms with van der Waals surface area (Å²) in [5.74, 6) is 2.73. The lowest BCUT2D eigenvalue weighted by molar-refractivity contribution is 0.0106.